The molecule has 1 fully saturated rings. The van der Waals surface area contributed by atoms with Crippen molar-refractivity contribution in [1.29, 1.82) is 0 Å². The number of likely N-dealkylation sites (N-methyl/N-ethyl adjacent to an activating group) is 1. The number of benzene rings is 2. The maximum atomic E-state index is 13.5. The molecule has 0 bridgehead atoms. The van der Waals surface area contributed by atoms with Crippen LogP contribution in [0.2, 0.25) is 0 Å². The minimum atomic E-state index is -4.36. The zero-order valence-corrected chi connectivity index (χ0v) is 19.4. The summed E-state index contributed by atoms with van der Waals surface area (Å²) in [6.07, 6.45) is -3.54. The lowest BCUT2D eigenvalue weighted by molar-refractivity contribution is -0.137. The molecule has 0 spiro atoms. The Morgan fingerprint density at radius 3 is 2.42 bits per heavy atom. The first-order valence-corrected chi connectivity index (χ1v) is 11.6. The van der Waals surface area contributed by atoms with Crippen LogP contribution in [-0.4, -0.2) is 42.2 Å². The fraction of sp³-hybridized carbons (Fsp3) is 0.500. The quantitative estimate of drug-likeness (QED) is 0.605. The first-order chi connectivity index (χ1) is 14.5. The topological polar surface area (TPSA) is 18.5 Å². The molecule has 0 radical (unpaired) electrons. The van der Waals surface area contributed by atoms with Gasteiger partial charge in [-0.25, -0.2) is 0 Å². The number of para-hydroxylation sites is 1. The largest absolute Gasteiger partial charge is 0.416 e. The van der Waals surface area contributed by atoms with E-state index >= 15 is 0 Å². The van der Waals surface area contributed by atoms with Crippen molar-refractivity contribution in [2.45, 2.75) is 73.7 Å². The van der Waals surface area contributed by atoms with Crippen LogP contribution in [-0.2, 0) is 6.18 Å². The van der Waals surface area contributed by atoms with Gasteiger partial charge < -0.3 is 10.2 Å². The number of halogens is 3. The van der Waals surface area contributed by atoms with E-state index in [0.29, 0.717) is 24.3 Å². The Morgan fingerprint density at radius 1 is 1.03 bits per heavy atom. The van der Waals surface area contributed by atoms with Crippen LogP contribution < -0.4 is 10.2 Å². The lowest BCUT2D eigenvalue weighted by atomic mass is 9.82. The summed E-state index contributed by atoms with van der Waals surface area (Å²) >= 11 is 1.54. The Labute approximate surface area is 187 Å². The van der Waals surface area contributed by atoms with E-state index in [1.165, 1.54) is 23.9 Å². The van der Waals surface area contributed by atoms with Crippen LogP contribution in [0.1, 0.15) is 39.7 Å². The molecule has 2 heterocycles. The van der Waals surface area contributed by atoms with Crippen LogP contribution in [0.3, 0.4) is 0 Å². The molecule has 168 valence electrons. The molecule has 4 unspecified atom stereocenters. The van der Waals surface area contributed by atoms with E-state index in [4.69, 9.17) is 0 Å². The zero-order chi connectivity index (χ0) is 22.6. The first-order valence-electron chi connectivity index (χ1n) is 10.8. The minimum absolute atomic E-state index is 0.118. The Balaban J connectivity index is 1.70. The Kier molecular flexibility index (Phi) is 5.82. The lowest BCUT2D eigenvalue weighted by Gasteiger charge is -2.54. The number of hydrogen-bond donors (Lipinski definition) is 1. The Bertz CT molecular complexity index is 963. The van der Waals surface area contributed by atoms with Crippen molar-refractivity contribution in [2.75, 3.05) is 18.5 Å². The van der Waals surface area contributed by atoms with Gasteiger partial charge in [-0.15, -0.1) is 0 Å². The number of alkyl halides is 3. The number of fused-ring (bicyclic) bond motifs is 2. The molecular formula is C24H30F3N3S. The molecule has 31 heavy (non-hydrogen) atoms. The maximum absolute atomic E-state index is 13.5. The van der Waals surface area contributed by atoms with Gasteiger partial charge >= 0.3 is 6.18 Å². The van der Waals surface area contributed by atoms with Gasteiger partial charge in [0, 0.05) is 40.0 Å². The van der Waals surface area contributed by atoms with Gasteiger partial charge in [0.2, 0.25) is 0 Å². The van der Waals surface area contributed by atoms with Gasteiger partial charge in [-0.05, 0) is 71.5 Å². The molecule has 7 heteroatoms. The molecule has 2 aromatic carbocycles. The third-order valence-electron chi connectivity index (χ3n) is 7.38. The highest BCUT2D eigenvalue weighted by atomic mass is 32.2. The summed E-state index contributed by atoms with van der Waals surface area (Å²) in [6.45, 7) is 9.52. The van der Waals surface area contributed by atoms with E-state index < -0.39 is 11.7 Å². The van der Waals surface area contributed by atoms with Crippen molar-refractivity contribution < 1.29 is 13.2 Å². The molecule has 2 aliphatic heterocycles. The van der Waals surface area contributed by atoms with E-state index in [1.807, 2.05) is 24.3 Å². The van der Waals surface area contributed by atoms with Gasteiger partial charge in [-0.1, -0.05) is 23.9 Å². The summed E-state index contributed by atoms with van der Waals surface area (Å²) in [6, 6.07) is 13.1. The number of piperazine rings is 1. The van der Waals surface area contributed by atoms with Gasteiger partial charge in [0.05, 0.1) is 16.9 Å². The third kappa shape index (κ3) is 3.96. The Hall–Kier alpha value is -1.70. The smallest absolute Gasteiger partial charge is 0.340 e. The standard InChI is InChI=1S/C24H30F3N3S/c1-15-16(2)29(5)23(4,17(3)28-15)12-13-30-19-8-6-7-9-21(19)31-22-11-10-18(14-20(22)30)24(25,26)27/h6-11,14-17,28H,12-13H2,1-5H3. The van der Waals surface area contributed by atoms with Gasteiger partial charge in [0.25, 0.3) is 0 Å². The van der Waals surface area contributed by atoms with Crippen LogP contribution in [0.5, 0.6) is 0 Å². The van der Waals surface area contributed by atoms with E-state index in [1.54, 1.807) is 6.07 Å². The predicted octanol–water partition coefficient (Wildman–Crippen LogP) is 6.16. The summed E-state index contributed by atoms with van der Waals surface area (Å²) in [5.74, 6) is 0. The maximum Gasteiger partial charge on any atom is 0.416 e. The molecule has 1 saturated heterocycles. The van der Waals surface area contributed by atoms with Crippen LogP contribution >= 0.6 is 11.8 Å². The summed E-state index contributed by atoms with van der Waals surface area (Å²) in [7, 11) is 2.16. The second-order valence-corrected chi connectivity index (χ2v) is 10.1. The fourth-order valence-corrected chi connectivity index (χ4v) is 5.87. The lowest BCUT2D eigenvalue weighted by Crippen LogP contribution is -2.70. The van der Waals surface area contributed by atoms with Gasteiger partial charge in [-0.2, -0.15) is 13.2 Å². The van der Waals surface area contributed by atoms with Crippen molar-refractivity contribution in [3.63, 3.8) is 0 Å². The highest BCUT2D eigenvalue weighted by Crippen LogP contribution is 2.50. The van der Waals surface area contributed by atoms with Crippen LogP contribution in [0, 0.1) is 0 Å². The van der Waals surface area contributed by atoms with Crippen molar-refractivity contribution in [3.05, 3.63) is 48.0 Å². The van der Waals surface area contributed by atoms with Crippen molar-refractivity contribution in [2.24, 2.45) is 0 Å². The molecule has 2 aliphatic rings. The molecule has 0 aromatic heterocycles. The molecule has 4 rings (SSSR count). The molecule has 3 nitrogen and oxygen atoms in total. The predicted molar refractivity (Wildman–Crippen MR) is 121 cm³/mol. The minimum Gasteiger partial charge on any atom is -0.340 e. The summed E-state index contributed by atoms with van der Waals surface area (Å²) in [5.41, 5.74) is 0.897. The fourth-order valence-electron chi connectivity index (χ4n) is 4.80. The molecule has 0 aliphatic carbocycles. The van der Waals surface area contributed by atoms with Crippen LogP contribution in [0.25, 0.3) is 0 Å². The molecule has 4 atom stereocenters. The Morgan fingerprint density at radius 2 is 1.71 bits per heavy atom. The first kappa shape index (κ1) is 22.5. The van der Waals surface area contributed by atoms with Crippen LogP contribution in [0.4, 0.5) is 24.5 Å². The van der Waals surface area contributed by atoms with Crippen molar-refractivity contribution in [3.8, 4) is 0 Å². The van der Waals surface area contributed by atoms with Gasteiger partial charge in [0.1, 0.15) is 0 Å². The zero-order valence-electron chi connectivity index (χ0n) is 18.6. The monoisotopic (exact) mass is 449 g/mol. The number of anilines is 2. The van der Waals surface area contributed by atoms with Crippen molar-refractivity contribution >= 4 is 23.1 Å². The normalized spacial score (nSPS) is 28.9. The molecule has 2 aromatic rings. The van der Waals surface area contributed by atoms with E-state index in [9.17, 15) is 13.2 Å². The second kappa shape index (κ2) is 8.01. The number of rotatable bonds is 3. The van der Waals surface area contributed by atoms with Crippen LogP contribution in [0.15, 0.2) is 52.3 Å². The third-order valence-corrected chi connectivity index (χ3v) is 8.51. The van der Waals surface area contributed by atoms with E-state index in [2.05, 4.69) is 49.9 Å². The van der Waals surface area contributed by atoms with E-state index in [-0.39, 0.29) is 11.6 Å². The second-order valence-electron chi connectivity index (χ2n) is 9.04. The summed E-state index contributed by atoms with van der Waals surface area (Å²) < 4.78 is 40.4. The summed E-state index contributed by atoms with van der Waals surface area (Å²) in [5, 5.41) is 3.69. The average Bonchev–Trinajstić information content (AvgIpc) is 2.73. The SMILES string of the molecule is CC1NC(C)C(C)(CCN2c3ccccc3Sc3ccc(C(F)(F)F)cc32)N(C)C1C. The number of nitrogens with zero attached hydrogens (tertiary/aromatic N) is 2. The van der Waals surface area contributed by atoms with Gasteiger partial charge in [0.15, 0.2) is 0 Å². The average molecular weight is 450 g/mol. The van der Waals surface area contributed by atoms with E-state index in [0.717, 1.165) is 21.9 Å². The molecule has 0 saturated carbocycles. The van der Waals surface area contributed by atoms with Gasteiger partial charge in [-0.3, -0.25) is 4.90 Å². The number of nitrogens with one attached hydrogen (secondary N) is 1. The van der Waals surface area contributed by atoms with Crippen molar-refractivity contribution in [1.82, 2.24) is 10.2 Å². The molecular weight excluding hydrogens is 419 g/mol. The summed E-state index contributed by atoms with van der Waals surface area (Å²) in [4.78, 5) is 6.44. The number of hydrogen-bond acceptors (Lipinski definition) is 4. The molecule has 0 amide bonds. The highest BCUT2D eigenvalue weighted by Gasteiger charge is 2.44. The molecule has 1 N–H and O–H groups in total. The highest BCUT2D eigenvalue weighted by molar-refractivity contribution is 7.99.